The number of thioether (sulfide) groups is 1. The summed E-state index contributed by atoms with van der Waals surface area (Å²) < 4.78 is 0. The Morgan fingerprint density at radius 1 is 1.37 bits per heavy atom. The van der Waals surface area contributed by atoms with E-state index in [0.717, 1.165) is 6.42 Å². The van der Waals surface area contributed by atoms with E-state index in [9.17, 15) is 0 Å². The van der Waals surface area contributed by atoms with Crippen LogP contribution in [0.2, 0.25) is 0 Å². The molecule has 0 radical (unpaired) electrons. The van der Waals surface area contributed by atoms with Crippen LogP contribution in [0.4, 0.5) is 0 Å². The lowest BCUT2D eigenvalue weighted by molar-refractivity contribution is 0.388. The quantitative estimate of drug-likeness (QED) is 0.803. The molecule has 1 aliphatic rings. The molecule has 1 fully saturated rings. The van der Waals surface area contributed by atoms with E-state index in [-0.39, 0.29) is 0 Å². The van der Waals surface area contributed by atoms with Crippen LogP contribution in [0, 0.1) is 6.92 Å². The van der Waals surface area contributed by atoms with Crippen LogP contribution in [-0.4, -0.2) is 23.7 Å². The number of rotatable bonds is 3. The van der Waals surface area contributed by atoms with Gasteiger partial charge in [0.1, 0.15) is 0 Å². The van der Waals surface area contributed by atoms with Crippen molar-refractivity contribution in [2.24, 2.45) is 0 Å². The highest BCUT2D eigenvalue weighted by molar-refractivity contribution is 8.03. The van der Waals surface area contributed by atoms with Gasteiger partial charge in [-0.05, 0) is 38.8 Å². The number of allylic oxidation sites excluding steroid dienone is 3. The van der Waals surface area contributed by atoms with E-state index >= 15 is 0 Å². The molecule has 1 aromatic carbocycles. The minimum Gasteiger partial charge on any atom is -0.366 e. The average molecular weight is 273 g/mol. The van der Waals surface area contributed by atoms with Gasteiger partial charge in [-0.15, -0.1) is 11.8 Å². The predicted molar refractivity (Wildman–Crippen MR) is 86.4 cm³/mol. The first kappa shape index (κ1) is 14.3. The third-order valence-electron chi connectivity index (χ3n) is 3.60. The van der Waals surface area contributed by atoms with Crippen molar-refractivity contribution < 1.29 is 0 Å². The first-order valence-electron chi connectivity index (χ1n) is 6.85. The Labute approximate surface area is 121 Å². The maximum Gasteiger partial charge on any atom is 0.0708 e. The maximum atomic E-state index is 2.36. The Bertz CT molecular complexity index is 484. The van der Waals surface area contributed by atoms with Crippen LogP contribution < -0.4 is 0 Å². The van der Waals surface area contributed by atoms with Crippen molar-refractivity contribution in [1.82, 2.24) is 4.90 Å². The van der Waals surface area contributed by atoms with E-state index < -0.39 is 0 Å². The molecule has 0 spiro atoms. The molecule has 1 nitrogen and oxygen atoms in total. The van der Waals surface area contributed by atoms with E-state index in [1.54, 1.807) is 0 Å². The molecule has 1 heterocycles. The normalized spacial score (nSPS) is 22.3. The maximum absolute atomic E-state index is 2.36. The molecule has 102 valence electrons. The zero-order valence-electron chi connectivity index (χ0n) is 12.3. The van der Waals surface area contributed by atoms with Crippen molar-refractivity contribution in [3.05, 3.63) is 58.1 Å². The van der Waals surface area contributed by atoms with Crippen LogP contribution in [0.1, 0.15) is 25.0 Å². The molecule has 19 heavy (non-hydrogen) atoms. The SMILES string of the molecule is C/C(=C/C=C1/SCC(C)N1C)Cc1ccc(C)cc1. The summed E-state index contributed by atoms with van der Waals surface area (Å²) in [5.41, 5.74) is 4.12. The average Bonchev–Trinajstić information content (AvgIpc) is 2.70. The fraction of sp³-hybridized carbons (Fsp3) is 0.412. The Balaban J connectivity index is 2.00. The smallest absolute Gasteiger partial charge is 0.0708 e. The monoisotopic (exact) mass is 273 g/mol. The van der Waals surface area contributed by atoms with E-state index in [1.807, 2.05) is 11.8 Å². The van der Waals surface area contributed by atoms with Crippen molar-refractivity contribution in [3.63, 3.8) is 0 Å². The standard InChI is InChI=1S/C17H23NS/c1-13-5-8-16(9-6-13)11-14(2)7-10-17-18(4)15(3)12-19-17/h5-10,15H,11-12H2,1-4H3/b14-7-,17-10+. The highest BCUT2D eigenvalue weighted by Crippen LogP contribution is 2.30. The molecule has 1 atom stereocenters. The summed E-state index contributed by atoms with van der Waals surface area (Å²) in [6.07, 6.45) is 5.56. The lowest BCUT2D eigenvalue weighted by Crippen LogP contribution is -2.21. The lowest BCUT2D eigenvalue weighted by atomic mass is 10.0. The molecule has 1 unspecified atom stereocenters. The minimum absolute atomic E-state index is 0.655. The van der Waals surface area contributed by atoms with Crippen LogP contribution in [0.5, 0.6) is 0 Å². The van der Waals surface area contributed by atoms with Crippen molar-refractivity contribution in [3.8, 4) is 0 Å². The molecule has 1 aliphatic heterocycles. The Morgan fingerprint density at radius 2 is 2.05 bits per heavy atom. The van der Waals surface area contributed by atoms with Crippen LogP contribution in [0.3, 0.4) is 0 Å². The van der Waals surface area contributed by atoms with Gasteiger partial charge >= 0.3 is 0 Å². The van der Waals surface area contributed by atoms with Crippen LogP contribution in [0.15, 0.2) is 47.0 Å². The van der Waals surface area contributed by atoms with Gasteiger partial charge in [0, 0.05) is 18.8 Å². The van der Waals surface area contributed by atoms with Crippen LogP contribution >= 0.6 is 11.8 Å². The second-order valence-corrected chi connectivity index (χ2v) is 6.49. The zero-order valence-corrected chi connectivity index (χ0v) is 13.1. The van der Waals surface area contributed by atoms with Crippen molar-refractivity contribution >= 4 is 11.8 Å². The second kappa shape index (κ2) is 6.33. The number of hydrogen-bond donors (Lipinski definition) is 0. The van der Waals surface area contributed by atoms with E-state index in [4.69, 9.17) is 0 Å². The molecule has 0 saturated carbocycles. The molecular formula is C17H23NS. The summed E-state index contributed by atoms with van der Waals surface area (Å²) in [6.45, 7) is 6.61. The fourth-order valence-corrected chi connectivity index (χ4v) is 3.29. The number of benzene rings is 1. The highest BCUT2D eigenvalue weighted by Gasteiger charge is 2.20. The molecule has 0 aliphatic carbocycles. The van der Waals surface area contributed by atoms with E-state index in [0.29, 0.717) is 6.04 Å². The topological polar surface area (TPSA) is 3.24 Å². The third kappa shape index (κ3) is 3.90. The van der Waals surface area contributed by atoms with Gasteiger partial charge < -0.3 is 4.90 Å². The van der Waals surface area contributed by atoms with Crippen molar-refractivity contribution in [2.45, 2.75) is 33.2 Å². The summed E-state index contributed by atoms with van der Waals surface area (Å²) in [6, 6.07) is 9.46. The summed E-state index contributed by atoms with van der Waals surface area (Å²) in [4.78, 5) is 2.36. The summed E-state index contributed by atoms with van der Waals surface area (Å²) in [7, 11) is 2.18. The fourth-order valence-electron chi connectivity index (χ4n) is 2.10. The van der Waals surface area contributed by atoms with Crippen molar-refractivity contribution in [1.29, 1.82) is 0 Å². The van der Waals surface area contributed by atoms with Crippen molar-refractivity contribution in [2.75, 3.05) is 12.8 Å². The van der Waals surface area contributed by atoms with Gasteiger partial charge in [-0.2, -0.15) is 0 Å². The molecule has 2 heteroatoms. The Morgan fingerprint density at radius 3 is 2.63 bits per heavy atom. The third-order valence-corrected chi connectivity index (χ3v) is 4.96. The van der Waals surface area contributed by atoms with Gasteiger partial charge in [-0.3, -0.25) is 0 Å². The van der Waals surface area contributed by atoms with Gasteiger partial charge in [-0.1, -0.05) is 41.5 Å². The summed E-state index contributed by atoms with van der Waals surface area (Å²) in [5, 5.41) is 1.38. The molecule has 2 rings (SSSR count). The predicted octanol–water partition coefficient (Wildman–Crippen LogP) is 4.39. The summed E-state index contributed by atoms with van der Waals surface area (Å²) in [5.74, 6) is 1.20. The van der Waals surface area contributed by atoms with Crippen LogP contribution in [-0.2, 0) is 6.42 Å². The lowest BCUT2D eigenvalue weighted by Gasteiger charge is -2.17. The Hall–Kier alpha value is -1.15. The van der Waals surface area contributed by atoms with Gasteiger partial charge in [0.2, 0.25) is 0 Å². The van der Waals surface area contributed by atoms with Gasteiger partial charge in [0.15, 0.2) is 0 Å². The first-order chi connectivity index (χ1) is 9.06. The molecule has 0 bridgehead atoms. The second-order valence-electron chi connectivity index (χ2n) is 5.45. The van der Waals surface area contributed by atoms with Gasteiger partial charge in [0.25, 0.3) is 0 Å². The highest BCUT2D eigenvalue weighted by atomic mass is 32.2. The molecular weight excluding hydrogens is 250 g/mol. The summed E-state index contributed by atoms with van der Waals surface area (Å²) >= 11 is 1.95. The Kier molecular flexibility index (Phi) is 4.76. The number of aryl methyl sites for hydroxylation is 1. The zero-order chi connectivity index (χ0) is 13.8. The number of hydrogen-bond acceptors (Lipinski definition) is 2. The van der Waals surface area contributed by atoms with Crippen LogP contribution in [0.25, 0.3) is 0 Å². The largest absolute Gasteiger partial charge is 0.366 e. The molecule has 0 amide bonds. The minimum atomic E-state index is 0.655. The molecule has 1 saturated heterocycles. The van der Waals surface area contributed by atoms with E-state index in [2.05, 4.69) is 69.1 Å². The van der Waals surface area contributed by atoms with Gasteiger partial charge in [-0.25, -0.2) is 0 Å². The molecule has 1 aromatic rings. The number of nitrogens with zero attached hydrogens (tertiary/aromatic N) is 1. The first-order valence-corrected chi connectivity index (χ1v) is 7.83. The van der Waals surface area contributed by atoms with Gasteiger partial charge in [0.05, 0.1) is 5.03 Å². The molecule has 0 N–H and O–H groups in total. The molecule has 0 aromatic heterocycles. The van der Waals surface area contributed by atoms with E-state index in [1.165, 1.54) is 27.5 Å².